The minimum Gasteiger partial charge on any atom is -0.495 e. The van der Waals surface area contributed by atoms with E-state index in [-0.39, 0.29) is 0 Å². The summed E-state index contributed by atoms with van der Waals surface area (Å²) in [6.45, 7) is 0. The molecule has 0 unspecified atom stereocenters. The smallest absolute Gasteiger partial charge is 0.142 e. The van der Waals surface area contributed by atoms with Gasteiger partial charge in [0.1, 0.15) is 5.75 Å². The Morgan fingerprint density at radius 3 is 2.91 bits per heavy atom. The molecule has 0 atom stereocenters. The molecule has 0 aliphatic heterocycles. The summed E-state index contributed by atoms with van der Waals surface area (Å²) in [5, 5.41) is 0.712. The number of nitrogens with zero attached hydrogens (tertiary/aromatic N) is 1. The first-order valence-corrected chi connectivity index (χ1v) is 4.93. The maximum absolute atomic E-state index is 5.09. The van der Waals surface area contributed by atoms with Gasteiger partial charge in [-0.05, 0) is 22.0 Å². The number of alkyl halides is 1. The molecule has 0 N–H and O–H groups in total. The average molecular weight is 281 g/mol. The van der Waals surface area contributed by atoms with Crippen LogP contribution < -0.4 is 4.74 Å². The van der Waals surface area contributed by atoms with Crippen LogP contribution in [0.1, 0.15) is 5.69 Å². The molecule has 0 saturated carbocycles. The Hall–Kier alpha value is -0.0900. The van der Waals surface area contributed by atoms with Crippen LogP contribution in [0.3, 0.4) is 0 Å². The van der Waals surface area contributed by atoms with Crippen molar-refractivity contribution in [1.29, 1.82) is 0 Å². The van der Waals surface area contributed by atoms with Gasteiger partial charge >= 0.3 is 0 Å². The van der Waals surface area contributed by atoms with E-state index < -0.39 is 0 Å². The van der Waals surface area contributed by atoms with Crippen molar-refractivity contribution in [3.63, 3.8) is 0 Å². The SMILES string of the molecule is COc1cc(Br)cnc1CBr. The Kier molecular flexibility index (Phi) is 3.33. The first-order valence-electron chi connectivity index (χ1n) is 3.02. The Morgan fingerprint density at radius 2 is 2.36 bits per heavy atom. The highest BCUT2D eigenvalue weighted by atomic mass is 79.9. The molecule has 0 spiro atoms. The largest absolute Gasteiger partial charge is 0.495 e. The first kappa shape index (κ1) is 9.00. The van der Waals surface area contributed by atoms with Crippen molar-refractivity contribution in [2.75, 3.05) is 7.11 Å². The molecular formula is C7H7Br2NO. The zero-order chi connectivity index (χ0) is 8.27. The molecule has 4 heteroatoms. The molecule has 0 radical (unpaired) electrons. The lowest BCUT2D eigenvalue weighted by Crippen LogP contribution is -1.92. The van der Waals surface area contributed by atoms with Crippen molar-refractivity contribution >= 4 is 31.9 Å². The molecule has 60 valence electrons. The third kappa shape index (κ3) is 2.17. The van der Waals surface area contributed by atoms with Gasteiger partial charge in [-0.15, -0.1) is 0 Å². The Bertz CT molecular complexity index is 252. The van der Waals surface area contributed by atoms with Gasteiger partial charge < -0.3 is 4.74 Å². The molecule has 11 heavy (non-hydrogen) atoms. The number of aromatic nitrogens is 1. The fourth-order valence-corrected chi connectivity index (χ4v) is 1.46. The molecule has 1 aromatic rings. The molecule has 0 aliphatic carbocycles. The van der Waals surface area contributed by atoms with Gasteiger partial charge in [-0.1, -0.05) is 15.9 Å². The maximum atomic E-state index is 5.09. The van der Waals surface area contributed by atoms with Crippen LogP contribution >= 0.6 is 31.9 Å². The quantitative estimate of drug-likeness (QED) is 0.777. The van der Waals surface area contributed by atoms with Crippen molar-refractivity contribution in [3.05, 3.63) is 22.4 Å². The number of hydrogen-bond donors (Lipinski definition) is 0. The van der Waals surface area contributed by atoms with Crippen molar-refractivity contribution in [2.24, 2.45) is 0 Å². The maximum Gasteiger partial charge on any atom is 0.142 e. The molecule has 0 saturated heterocycles. The molecule has 0 fully saturated rings. The average Bonchev–Trinajstić information content (AvgIpc) is 2.04. The highest BCUT2D eigenvalue weighted by Gasteiger charge is 2.02. The number of ether oxygens (including phenoxy) is 1. The lowest BCUT2D eigenvalue weighted by atomic mass is 10.3. The standard InChI is InChI=1S/C7H7Br2NO/c1-11-7-2-5(9)4-10-6(7)3-8/h2,4H,3H2,1H3. The molecule has 0 aliphatic rings. The summed E-state index contributed by atoms with van der Waals surface area (Å²) in [5.41, 5.74) is 0.913. The minimum atomic E-state index is 0.712. The zero-order valence-electron chi connectivity index (χ0n) is 5.97. The van der Waals surface area contributed by atoms with Gasteiger partial charge in [0.2, 0.25) is 0 Å². The fraction of sp³-hybridized carbons (Fsp3) is 0.286. The number of halogens is 2. The van der Waals surface area contributed by atoms with Crippen molar-refractivity contribution in [2.45, 2.75) is 5.33 Å². The van der Waals surface area contributed by atoms with Gasteiger partial charge in [0.25, 0.3) is 0 Å². The van der Waals surface area contributed by atoms with Crippen LogP contribution in [0.15, 0.2) is 16.7 Å². The summed E-state index contributed by atoms with van der Waals surface area (Å²) in [4.78, 5) is 4.15. The summed E-state index contributed by atoms with van der Waals surface area (Å²) in [5.74, 6) is 0.802. The topological polar surface area (TPSA) is 22.1 Å². The molecule has 0 amide bonds. The van der Waals surface area contributed by atoms with Gasteiger partial charge in [-0.25, -0.2) is 0 Å². The molecule has 0 bridgehead atoms. The third-order valence-electron chi connectivity index (χ3n) is 1.24. The summed E-state index contributed by atoms with van der Waals surface area (Å²) in [6.07, 6.45) is 1.75. The van der Waals surface area contributed by atoms with Crippen LogP contribution in [0.25, 0.3) is 0 Å². The summed E-state index contributed by atoms with van der Waals surface area (Å²) in [6, 6.07) is 1.89. The number of rotatable bonds is 2. The normalized spacial score (nSPS) is 9.73. The molecule has 1 rings (SSSR count). The predicted octanol–water partition coefficient (Wildman–Crippen LogP) is 2.75. The van der Waals surface area contributed by atoms with Gasteiger partial charge in [-0.3, -0.25) is 4.98 Å². The monoisotopic (exact) mass is 279 g/mol. The van der Waals surface area contributed by atoms with Gasteiger partial charge in [0.15, 0.2) is 0 Å². The summed E-state index contributed by atoms with van der Waals surface area (Å²) in [7, 11) is 1.63. The van der Waals surface area contributed by atoms with E-state index in [2.05, 4.69) is 36.8 Å². The van der Waals surface area contributed by atoms with Crippen molar-refractivity contribution in [3.8, 4) is 5.75 Å². The van der Waals surface area contributed by atoms with E-state index in [1.807, 2.05) is 6.07 Å². The van der Waals surface area contributed by atoms with Crippen LogP contribution in [0, 0.1) is 0 Å². The van der Waals surface area contributed by atoms with Crippen LogP contribution in [-0.2, 0) is 5.33 Å². The molecule has 2 nitrogen and oxygen atoms in total. The van der Waals surface area contributed by atoms with E-state index in [1.165, 1.54) is 0 Å². The number of pyridine rings is 1. The first-order chi connectivity index (χ1) is 5.27. The molecule has 1 aromatic heterocycles. The van der Waals surface area contributed by atoms with E-state index in [4.69, 9.17) is 4.74 Å². The third-order valence-corrected chi connectivity index (χ3v) is 2.21. The summed E-state index contributed by atoms with van der Waals surface area (Å²) >= 11 is 6.62. The van der Waals surface area contributed by atoms with Crippen LogP contribution in [0.4, 0.5) is 0 Å². The Labute approximate surface area is 82.2 Å². The van der Waals surface area contributed by atoms with E-state index in [1.54, 1.807) is 13.3 Å². The van der Waals surface area contributed by atoms with Gasteiger partial charge in [0, 0.05) is 16.0 Å². The second-order valence-corrected chi connectivity index (χ2v) is 3.41. The molecule has 0 aromatic carbocycles. The van der Waals surface area contributed by atoms with E-state index >= 15 is 0 Å². The minimum absolute atomic E-state index is 0.712. The van der Waals surface area contributed by atoms with Crippen molar-refractivity contribution in [1.82, 2.24) is 4.98 Å². The predicted molar refractivity (Wildman–Crippen MR) is 51.1 cm³/mol. The van der Waals surface area contributed by atoms with E-state index in [0.29, 0.717) is 5.33 Å². The van der Waals surface area contributed by atoms with Crippen LogP contribution in [-0.4, -0.2) is 12.1 Å². The number of methoxy groups -OCH3 is 1. The number of hydrogen-bond acceptors (Lipinski definition) is 2. The lowest BCUT2D eigenvalue weighted by Gasteiger charge is -2.03. The molecular weight excluding hydrogens is 274 g/mol. The lowest BCUT2D eigenvalue weighted by molar-refractivity contribution is 0.408. The second-order valence-electron chi connectivity index (χ2n) is 1.94. The fourth-order valence-electron chi connectivity index (χ4n) is 0.726. The van der Waals surface area contributed by atoms with Crippen molar-refractivity contribution < 1.29 is 4.74 Å². The second kappa shape index (κ2) is 4.07. The van der Waals surface area contributed by atoms with E-state index in [0.717, 1.165) is 15.9 Å². The van der Waals surface area contributed by atoms with Gasteiger partial charge in [-0.2, -0.15) is 0 Å². The summed E-state index contributed by atoms with van der Waals surface area (Å²) < 4.78 is 6.02. The molecule has 1 heterocycles. The Morgan fingerprint density at radius 1 is 1.64 bits per heavy atom. The van der Waals surface area contributed by atoms with Crippen LogP contribution in [0.2, 0.25) is 0 Å². The zero-order valence-corrected chi connectivity index (χ0v) is 9.15. The van der Waals surface area contributed by atoms with Crippen LogP contribution in [0.5, 0.6) is 5.75 Å². The van der Waals surface area contributed by atoms with Gasteiger partial charge in [0.05, 0.1) is 12.8 Å². The highest BCUT2D eigenvalue weighted by Crippen LogP contribution is 2.22. The highest BCUT2D eigenvalue weighted by molar-refractivity contribution is 9.10. The van der Waals surface area contributed by atoms with E-state index in [9.17, 15) is 0 Å². The Balaban J connectivity index is 3.06.